The van der Waals surface area contributed by atoms with Crippen LogP contribution in [0, 0.1) is 0 Å². The number of piperidine rings is 1. The number of ketones is 1. The molecule has 0 bridgehead atoms. The average Bonchev–Trinajstić information content (AvgIpc) is 3.28. The van der Waals surface area contributed by atoms with Crippen LogP contribution in [0.3, 0.4) is 0 Å². The summed E-state index contributed by atoms with van der Waals surface area (Å²) in [6, 6.07) is 10.0. The largest absolute Gasteiger partial charge is 0.371 e. The fourth-order valence-corrected chi connectivity index (χ4v) is 5.45. The smallest absolute Gasteiger partial charge is 0.196 e. The Bertz CT molecular complexity index is 1150. The first-order valence-corrected chi connectivity index (χ1v) is 11.6. The number of nitrogens with zero attached hydrogens (tertiary/aromatic N) is 4. The van der Waals surface area contributed by atoms with E-state index in [4.69, 9.17) is 4.52 Å². The predicted molar refractivity (Wildman–Crippen MR) is 123 cm³/mol. The van der Waals surface area contributed by atoms with Crippen LogP contribution < -0.4 is 9.80 Å². The Morgan fingerprint density at radius 3 is 2.35 bits per heavy atom. The molecule has 160 valence electrons. The van der Waals surface area contributed by atoms with Gasteiger partial charge in [0.25, 0.3) is 0 Å². The molecule has 1 aliphatic carbocycles. The maximum absolute atomic E-state index is 13.7. The molecule has 6 nitrogen and oxygen atoms in total. The van der Waals surface area contributed by atoms with Gasteiger partial charge in [0.2, 0.25) is 0 Å². The molecule has 6 heteroatoms. The molecular weight excluding hydrogens is 388 g/mol. The standard InChI is InChI=1S/C25H28N4O2/c1-2-27-12-14-29(15-13-27)20-16-19(28-10-6-3-7-11-28)21-22-23(20)26-31-25(22)18-9-5-4-8-17(18)24(21)30/h4-5,8-9,16H,2-3,6-7,10-15H2,1H3. The summed E-state index contributed by atoms with van der Waals surface area (Å²) in [7, 11) is 0. The normalized spacial score (nSPS) is 19.2. The van der Waals surface area contributed by atoms with Crippen LogP contribution in [0.15, 0.2) is 34.9 Å². The van der Waals surface area contributed by atoms with Crippen LogP contribution in [0.5, 0.6) is 0 Å². The molecule has 0 saturated carbocycles. The quantitative estimate of drug-likeness (QED) is 0.500. The van der Waals surface area contributed by atoms with E-state index >= 15 is 0 Å². The molecule has 0 spiro atoms. The molecule has 0 radical (unpaired) electrons. The minimum absolute atomic E-state index is 0.0965. The zero-order chi connectivity index (χ0) is 20.9. The number of hydrogen-bond donors (Lipinski definition) is 0. The van der Waals surface area contributed by atoms with E-state index in [0.717, 1.165) is 90.5 Å². The summed E-state index contributed by atoms with van der Waals surface area (Å²) < 4.78 is 5.93. The number of likely N-dealkylation sites (N-methyl/N-ethyl adjacent to an activating group) is 1. The van der Waals surface area contributed by atoms with Crippen molar-refractivity contribution in [2.24, 2.45) is 0 Å². The molecule has 2 saturated heterocycles. The van der Waals surface area contributed by atoms with Gasteiger partial charge in [0.1, 0.15) is 5.52 Å². The number of carbonyl (C=O) groups excluding carboxylic acids is 1. The molecule has 0 N–H and O–H groups in total. The van der Waals surface area contributed by atoms with E-state index in [1.807, 2.05) is 24.3 Å². The van der Waals surface area contributed by atoms with Gasteiger partial charge in [-0.2, -0.15) is 0 Å². The van der Waals surface area contributed by atoms with E-state index in [1.54, 1.807) is 0 Å². The highest BCUT2D eigenvalue weighted by Gasteiger charge is 2.35. The lowest BCUT2D eigenvalue weighted by Gasteiger charge is -2.37. The van der Waals surface area contributed by atoms with E-state index in [2.05, 4.69) is 32.8 Å². The molecule has 2 aliphatic heterocycles. The van der Waals surface area contributed by atoms with Crippen LogP contribution in [0.4, 0.5) is 11.4 Å². The summed E-state index contributed by atoms with van der Waals surface area (Å²) in [5.74, 6) is 0.840. The number of aromatic nitrogens is 1. The predicted octanol–water partition coefficient (Wildman–Crippen LogP) is 4.17. The van der Waals surface area contributed by atoms with E-state index in [-0.39, 0.29) is 5.78 Å². The van der Waals surface area contributed by atoms with Crippen molar-refractivity contribution in [3.8, 4) is 11.3 Å². The zero-order valence-electron chi connectivity index (χ0n) is 18.1. The van der Waals surface area contributed by atoms with Gasteiger partial charge in [-0.25, -0.2) is 0 Å². The molecule has 3 heterocycles. The van der Waals surface area contributed by atoms with Crippen LogP contribution in [0.1, 0.15) is 42.1 Å². The van der Waals surface area contributed by atoms with Crippen molar-refractivity contribution in [2.45, 2.75) is 26.2 Å². The lowest BCUT2D eigenvalue weighted by molar-refractivity contribution is 0.104. The first kappa shape index (κ1) is 18.9. The van der Waals surface area contributed by atoms with Crippen molar-refractivity contribution < 1.29 is 9.32 Å². The van der Waals surface area contributed by atoms with E-state index < -0.39 is 0 Å². The number of anilines is 2. The number of benzene rings is 2. The second-order valence-electron chi connectivity index (χ2n) is 8.87. The third-order valence-corrected chi connectivity index (χ3v) is 7.21. The molecule has 2 aromatic carbocycles. The van der Waals surface area contributed by atoms with Crippen molar-refractivity contribution >= 4 is 28.1 Å². The number of fused-ring (bicyclic) bond motifs is 2. The molecule has 3 aliphatic rings. The molecule has 0 unspecified atom stereocenters. The summed E-state index contributed by atoms with van der Waals surface area (Å²) in [5.41, 5.74) is 5.36. The Hall–Kier alpha value is -2.86. The van der Waals surface area contributed by atoms with Crippen molar-refractivity contribution in [1.29, 1.82) is 0 Å². The topological polar surface area (TPSA) is 52.8 Å². The number of piperazine rings is 1. The van der Waals surface area contributed by atoms with Crippen LogP contribution in [0.2, 0.25) is 0 Å². The molecule has 31 heavy (non-hydrogen) atoms. The average molecular weight is 417 g/mol. The Kier molecular flexibility index (Phi) is 4.49. The molecule has 0 amide bonds. The van der Waals surface area contributed by atoms with Crippen LogP contribution in [-0.4, -0.2) is 61.7 Å². The summed E-state index contributed by atoms with van der Waals surface area (Å²) in [4.78, 5) is 21.0. The van der Waals surface area contributed by atoms with Crippen molar-refractivity contribution in [3.05, 3.63) is 41.5 Å². The lowest BCUT2D eigenvalue weighted by atomic mass is 9.85. The summed E-state index contributed by atoms with van der Waals surface area (Å²) >= 11 is 0. The van der Waals surface area contributed by atoms with Crippen LogP contribution >= 0.6 is 0 Å². The summed E-state index contributed by atoms with van der Waals surface area (Å²) in [6.07, 6.45) is 3.60. The maximum Gasteiger partial charge on any atom is 0.196 e. The Labute approximate surface area is 182 Å². The Morgan fingerprint density at radius 2 is 1.61 bits per heavy atom. The number of rotatable bonds is 3. The number of hydrogen-bond acceptors (Lipinski definition) is 6. The Balaban J connectivity index is 1.57. The van der Waals surface area contributed by atoms with E-state index in [0.29, 0.717) is 0 Å². The van der Waals surface area contributed by atoms with Gasteiger partial charge in [-0.3, -0.25) is 4.79 Å². The third kappa shape index (κ3) is 2.88. The van der Waals surface area contributed by atoms with E-state index in [1.165, 1.54) is 19.3 Å². The van der Waals surface area contributed by atoms with Gasteiger partial charge in [0.15, 0.2) is 11.5 Å². The zero-order valence-corrected chi connectivity index (χ0v) is 18.1. The van der Waals surface area contributed by atoms with Crippen LogP contribution in [0.25, 0.3) is 22.2 Å². The fourth-order valence-electron chi connectivity index (χ4n) is 5.45. The highest BCUT2D eigenvalue weighted by Crippen LogP contribution is 2.47. The maximum atomic E-state index is 13.7. The van der Waals surface area contributed by atoms with Gasteiger partial charge in [0, 0.05) is 50.4 Å². The fraction of sp³-hybridized carbons (Fsp3) is 0.440. The summed E-state index contributed by atoms with van der Waals surface area (Å²) in [6.45, 7) is 9.32. The first-order valence-electron chi connectivity index (χ1n) is 11.6. The van der Waals surface area contributed by atoms with Crippen molar-refractivity contribution in [3.63, 3.8) is 0 Å². The molecule has 6 rings (SSSR count). The molecule has 0 atom stereocenters. The highest BCUT2D eigenvalue weighted by atomic mass is 16.5. The monoisotopic (exact) mass is 416 g/mol. The van der Waals surface area contributed by atoms with Gasteiger partial charge < -0.3 is 19.2 Å². The highest BCUT2D eigenvalue weighted by molar-refractivity contribution is 6.28. The molecule has 2 fully saturated rings. The minimum atomic E-state index is 0.0965. The minimum Gasteiger partial charge on any atom is -0.371 e. The van der Waals surface area contributed by atoms with Gasteiger partial charge in [-0.15, -0.1) is 0 Å². The Morgan fingerprint density at radius 1 is 0.903 bits per heavy atom. The van der Waals surface area contributed by atoms with E-state index in [9.17, 15) is 4.79 Å². The SMILES string of the molecule is CCN1CCN(c2cc(N3CCCCC3)c3c4c(onc24)-c2ccccc2C3=O)CC1. The van der Waals surface area contributed by atoms with Crippen molar-refractivity contribution in [2.75, 3.05) is 55.6 Å². The second kappa shape index (κ2) is 7.38. The first-order chi connectivity index (χ1) is 15.3. The van der Waals surface area contributed by atoms with Crippen LogP contribution in [-0.2, 0) is 0 Å². The molecular formula is C25H28N4O2. The third-order valence-electron chi connectivity index (χ3n) is 7.21. The van der Waals surface area contributed by atoms with Gasteiger partial charge in [0.05, 0.1) is 22.3 Å². The van der Waals surface area contributed by atoms with Crippen molar-refractivity contribution in [1.82, 2.24) is 10.1 Å². The van der Waals surface area contributed by atoms with Gasteiger partial charge in [-0.1, -0.05) is 36.3 Å². The molecule has 3 aromatic rings. The number of carbonyl (C=O) groups is 1. The summed E-state index contributed by atoms with van der Waals surface area (Å²) in [5, 5.41) is 5.43. The second-order valence-corrected chi connectivity index (χ2v) is 8.87. The van der Waals surface area contributed by atoms with Gasteiger partial charge >= 0.3 is 0 Å². The molecule has 1 aromatic heterocycles. The van der Waals surface area contributed by atoms with Gasteiger partial charge in [-0.05, 0) is 31.9 Å². The lowest BCUT2D eigenvalue weighted by Crippen LogP contribution is -2.46.